The Morgan fingerprint density at radius 1 is 1.38 bits per heavy atom. The number of nitrogens with zero attached hydrogens (tertiary/aromatic N) is 1. The zero-order valence-electron chi connectivity index (χ0n) is 12.6. The summed E-state index contributed by atoms with van der Waals surface area (Å²) in [7, 11) is 2.15. The maximum Gasteiger partial charge on any atom is 0.123 e. The van der Waals surface area contributed by atoms with Crippen LogP contribution in [0.3, 0.4) is 0 Å². The molecule has 0 aromatic heterocycles. The van der Waals surface area contributed by atoms with Crippen LogP contribution in [0.2, 0.25) is 0 Å². The predicted octanol–water partition coefficient (Wildman–Crippen LogP) is 1.64. The van der Waals surface area contributed by atoms with Gasteiger partial charge >= 0.3 is 0 Å². The molecular weight excluding hydrogens is 271 g/mol. The van der Waals surface area contributed by atoms with Crippen molar-refractivity contribution in [2.24, 2.45) is 0 Å². The molecule has 4 nitrogen and oxygen atoms in total. The molecule has 1 aromatic carbocycles. The standard InChI is InChI=1S/C16H25FN2O2/c1-19-9-3-2-4-14(19)10-18-11-15(20)12-21-16-7-5-13(17)6-8-16/h5-8,14-15,18,20H,2-4,9-12H2,1H3. The van der Waals surface area contributed by atoms with Crippen LogP contribution in [0.1, 0.15) is 19.3 Å². The van der Waals surface area contributed by atoms with Crippen LogP contribution in [0.5, 0.6) is 5.75 Å². The van der Waals surface area contributed by atoms with E-state index >= 15 is 0 Å². The van der Waals surface area contributed by atoms with E-state index in [2.05, 4.69) is 17.3 Å². The van der Waals surface area contributed by atoms with Gasteiger partial charge < -0.3 is 20.1 Å². The third-order valence-corrected chi connectivity index (χ3v) is 3.94. The summed E-state index contributed by atoms with van der Waals surface area (Å²) in [6, 6.07) is 6.38. The Balaban J connectivity index is 1.61. The summed E-state index contributed by atoms with van der Waals surface area (Å²) in [4.78, 5) is 2.37. The van der Waals surface area contributed by atoms with E-state index < -0.39 is 6.10 Å². The first-order valence-electron chi connectivity index (χ1n) is 7.62. The van der Waals surface area contributed by atoms with Crippen molar-refractivity contribution in [3.8, 4) is 5.75 Å². The average molecular weight is 296 g/mol. The number of hydrogen-bond acceptors (Lipinski definition) is 4. The Labute approximate surface area is 125 Å². The molecule has 2 N–H and O–H groups in total. The SMILES string of the molecule is CN1CCCCC1CNCC(O)COc1ccc(F)cc1. The van der Waals surface area contributed by atoms with Crippen LogP contribution in [0, 0.1) is 5.82 Å². The lowest BCUT2D eigenvalue weighted by Gasteiger charge is -2.32. The van der Waals surface area contributed by atoms with Gasteiger partial charge in [-0.05, 0) is 50.7 Å². The number of rotatable bonds is 7. The average Bonchev–Trinajstić information content (AvgIpc) is 2.49. The lowest BCUT2D eigenvalue weighted by molar-refractivity contribution is 0.102. The van der Waals surface area contributed by atoms with Crippen LogP contribution in [-0.4, -0.2) is 55.4 Å². The van der Waals surface area contributed by atoms with Crippen LogP contribution < -0.4 is 10.1 Å². The van der Waals surface area contributed by atoms with Crippen LogP contribution in [0.15, 0.2) is 24.3 Å². The molecule has 5 heteroatoms. The Morgan fingerprint density at radius 2 is 2.14 bits per heavy atom. The van der Waals surface area contributed by atoms with Crippen LogP contribution in [0.25, 0.3) is 0 Å². The topological polar surface area (TPSA) is 44.7 Å². The van der Waals surface area contributed by atoms with E-state index in [9.17, 15) is 9.50 Å². The molecule has 2 atom stereocenters. The Kier molecular flexibility index (Phi) is 6.42. The Hall–Kier alpha value is -1.17. The van der Waals surface area contributed by atoms with Gasteiger partial charge in [0, 0.05) is 19.1 Å². The number of piperidine rings is 1. The lowest BCUT2D eigenvalue weighted by atomic mass is 10.0. The molecule has 21 heavy (non-hydrogen) atoms. The van der Waals surface area contributed by atoms with Gasteiger partial charge in [-0.25, -0.2) is 4.39 Å². The molecule has 0 bridgehead atoms. The molecule has 0 saturated carbocycles. The van der Waals surface area contributed by atoms with Gasteiger partial charge in [-0.3, -0.25) is 0 Å². The monoisotopic (exact) mass is 296 g/mol. The third-order valence-electron chi connectivity index (χ3n) is 3.94. The second kappa shape index (κ2) is 8.32. The number of benzene rings is 1. The molecule has 1 aliphatic heterocycles. The molecule has 1 saturated heterocycles. The lowest BCUT2D eigenvalue weighted by Crippen LogP contribution is -2.45. The minimum absolute atomic E-state index is 0.207. The van der Waals surface area contributed by atoms with Crippen molar-refractivity contribution < 1.29 is 14.2 Å². The first-order chi connectivity index (χ1) is 10.1. The summed E-state index contributed by atoms with van der Waals surface area (Å²) < 4.78 is 18.2. The number of nitrogens with one attached hydrogen (secondary N) is 1. The molecule has 0 spiro atoms. The zero-order valence-corrected chi connectivity index (χ0v) is 12.6. The fourth-order valence-corrected chi connectivity index (χ4v) is 2.60. The highest BCUT2D eigenvalue weighted by Crippen LogP contribution is 2.14. The summed E-state index contributed by atoms with van der Waals surface area (Å²) in [6.45, 7) is 2.76. The van der Waals surface area contributed by atoms with E-state index in [-0.39, 0.29) is 12.4 Å². The van der Waals surface area contributed by atoms with Crippen LogP contribution >= 0.6 is 0 Å². The first-order valence-corrected chi connectivity index (χ1v) is 7.62. The molecule has 0 aliphatic carbocycles. The zero-order chi connectivity index (χ0) is 15.1. The van der Waals surface area contributed by atoms with Gasteiger partial charge in [0.05, 0.1) is 0 Å². The number of likely N-dealkylation sites (tertiary alicyclic amines) is 1. The maximum absolute atomic E-state index is 12.7. The van der Waals surface area contributed by atoms with E-state index in [1.807, 2.05) is 0 Å². The summed E-state index contributed by atoms with van der Waals surface area (Å²) in [5, 5.41) is 13.2. The van der Waals surface area contributed by atoms with Crippen molar-refractivity contribution in [2.45, 2.75) is 31.4 Å². The second-order valence-corrected chi connectivity index (χ2v) is 5.71. The fraction of sp³-hybridized carbons (Fsp3) is 0.625. The molecule has 118 valence electrons. The van der Waals surface area contributed by atoms with Gasteiger partial charge in [-0.1, -0.05) is 6.42 Å². The summed E-state index contributed by atoms with van der Waals surface area (Å²) in [5.74, 6) is 0.281. The third kappa shape index (κ3) is 5.61. The molecule has 1 heterocycles. The van der Waals surface area contributed by atoms with Crippen molar-refractivity contribution in [3.05, 3.63) is 30.1 Å². The van der Waals surface area contributed by atoms with Crippen LogP contribution in [-0.2, 0) is 0 Å². The molecule has 1 aliphatic rings. The summed E-state index contributed by atoms with van der Waals surface area (Å²) >= 11 is 0. The predicted molar refractivity (Wildman–Crippen MR) is 81.0 cm³/mol. The van der Waals surface area contributed by atoms with Crippen molar-refractivity contribution in [2.75, 3.05) is 33.3 Å². The molecule has 0 radical (unpaired) electrons. The summed E-state index contributed by atoms with van der Waals surface area (Å²) in [5.41, 5.74) is 0. The van der Waals surface area contributed by atoms with E-state index in [0.717, 1.165) is 13.1 Å². The van der Waals surface area contributed by atoms with Gasteiger partial charge in [-0.15, -0.1) is 0 Å². The highest BCUT2D eigenvalue weighted by molar-refractivity contribution is 5.22. The smallest absolute Gasteiger partial charge is 0.123 e. The van der Waals surface area contributed by atoms with Gasteiger partial charge in [0.2, 0.25) is 0 Å². The van der Waals surface area contributed by atoms with Crippen LogP contribution in [0.4, 0.5) is 4.39 Å². The fourth-order valence-electron chi connectivity index (χ4n) is 2.60. The highest BCUT2D eigenvalue weighted by atomic mass is 19.1. The van der Waals surface area contributed by atoms with E-state index in [1.54, 1.807) is 12.1 Å². The first kappa shape index (κ1) is 16.2. The van der Waals surface area contributed by atoms with Crippen molar-refractivity contribution in [1.29, 1.82) is 0 Å². The van der Waals surface area contributed by atoms with E-state index in [4.69, 9.17) is 4.74 Å². The summed E-state index contributed by atoms with van der Waals surface area (Å²) in [6.07, 6.45) is 3.21. The van der Waals surface area contributed by atoms with Gasteiger partial charge in [-0.2, -0.15) is 0 Å². The normalized spacial score (nSPS) is 21.2. The molecule has 1 fully saturated rings. The Morgan fingerprint density at radius 3 is 2.86 bits per heavy atom. The highest BCUT2D eigenvalue weighted by Gasteiger charge is 2.18. The number of aliphatic hydroxyl groups excluding tert-OH is 1. The largest absolute Gasteiger partial charge is 0.491 e. The minimum atomic E-state index is -0.566. The molecule has 0 amide bonds. The Bertz CT molecular complexity index is 413. The van der Waals surface area contributed by atoms with Crippen molar-refractivity contribution in [3.63, 3.8) is 0 Å². The minimum Gasteiger partial charge on any atom is -0.491 e. The number of aliphatic hydroxyl groups is 1. The van der Waals surface area contributed by atoms with Gasteiger partial charge in [0.15, 0.2) is 0 Å². The number of likely N-dealkylation sites (N-methyl/N-ethyl adjacent to an activating group) is 1. The van der Waals surface area contributed by atoms with E-state index in [0.29, 0.717) is 18.3 Å². The number of halogens is 1. The molecule has 2 unspecified atom stereocenters. The number of hydrogen-bond donors (Lipinski definition) is 2. The second-order valence-electron chi connectivity index (χ2n) is 5.71. The molecular formula is C16H25FN2O2. The van der Waals surface area contributed by atoms with Gasteiger partial charge in [0.25, 0.3) is 0 Å². The maximum atomic E-state index is 12.7. The quantitative estimate of drug-likeness (QED) is 0.803. The van der Waals surface area contributed by atoms with E-state index in [1.165, 1.54) is 31.4 Å². The molecule has 1 aromatic rings. The van der Waals surface area contributed by atoms with Crippen molar-refractivity contribution >= 4 is 0 Å². The number of ether oxygens (including phenoxy) is 1. The molecule has 2 rings (SSSR count). The van der Waals surface area contributed by atoms with Gasteiger partial charge in [0.1, 0.15) is 24.3 Å². The van der Waals surface area contributed by atoms with Crippen molar-refractivity contribution in [1.82, 2.24) is 10.2 Å².